The van der Waals surface area contributed by atoms with E-state index >= 15 is 0 Å². The maximum atomic E-state index is 11.1. The molecule has 20 heavy (non-hydrogen) atoms. The molecule has 2 aromatic rings. The van der Waals surface area contributed by atoms with Crippen molar-refractivity contribution in [2.45, 2.75) is 33.3 Å². The van der Waals surface area contributed by atoms with Gasteiger partial charge >= 0.3 is 5.97 Å². The zero-order chi connectivity index (χ0) is 14.9. The minimum absolute atomic E-state index is 0.0739. The number of fused-ring (bicyclic) bond motifs is 1. The van der Waals surface area contributed by atoms with Gasteiger partial charge in [-0.15, -0.1) is 0 Å². The minimum Gasteiger partial charge on any atom is -0.490 e. The van der Waals surface area contributed by atoms with Gasteiger partial charge in [0.1, 0.15) is 17.9 Å². The maximum Gasteiger partial charge on any atom is 0.372 e. The molecule has 0 spiro atoms. The van der Waals surface area contributed by atoms with Crippen LogP contribution in [-0.4, -0.2) is 28.9 Å². The molecule has 108 valence electrons. The van der Waals surface area contributed by atoms with Crippen molar-refractivity contribution in [3.8, 4) is 5.75 Å². The topological polar surface area (TPSA) is 79.9 Å². The largest absolute Gasteiger partial charge is 0.490 e. The number of benzene rings is 1. The number of rotatable bonds is 5. The standard InChI is InChI=1S/C15H18O5/c1-4-10-5-6-11-12(14(10)19-7-8(2)16)9(3)13(20-11)15(17)18/h5-6,8,16H,4,7H2,1-3H3,(H,17,18). The lowest BCUT2D eigenvalue weighted by molar-refractivity contribution is 0.0664. The molecule has 0 aliphatic carbocycles. The Kier molecular flexibility index (Phi) is 3.99. The van der Waals surface area contributed by atoms with Crippen LogP contribution in [0.1, 0.15) is 35.5 Å². The summed E-state index contributed by atoms with van der Waals surface area (Å²) in [5.41, 5.74) is 1.99. The van der Waals surface area contributed by atoms with E-state index in [2.05, 4.69) is 0 Å². The molecule has 0 saturated carbocycles. The molecule has 0 amide bonds. The molecule has 2 rings (SSSR count). The number of furan rings is 1. The van der Waals surface area contributed by atoms with Crippen molar-refractivity contribution < 1.29 is 24.2 Å². The van der Waals surface area contributed by atoms with Crippen LogP contribution in [0.15, 0.2) is 16.5 Å². The third-order valence-electron chi connectivity index (χ3n) is 3.17. The lowest BCUT2D eigenvalue weighted by atomic mass is 10.0. The summed E-state index contributed by atoms with van der Waals surface area (Å²) in [7, 11) is 0. The van der Waals surface area contributed by atoms with Crippen LogP contribution in [0.5, 0.6) is 5.75 Å². The zero-order valence-corrected chi connectivity index (χ0v) is 11.8. The lowest BCUT2D eigenvalue weighted by Crippen LogP contribution is -2.13. The Bertz CT molecular complexity index is 639. The highest BCUT2D eigenvalue weighted by molar-refractivity contribution is 5.98. The van der Waals surface area contributed by atoms with E-state index in [1.165, 1.54) is 0 Å². The van der Waals surface area contributed by atoms with Crippen LogP contribution in [0.4, 0.5) is 0 Å². The molecule has 0 saturated heterocycles. The number of aryl methyl sites for hydroxylation is 2. The molecular formula is C15H18O5. The van der Waals surface area contributed by atoms with Crippen LogP contribution >= 0.6 is 0 Å². The van der Waals surface area contributed by atoms with E-state index in [-0.39, 0.29) is 12.4 Å². The van der Waals surface area contributed by atoms with Crippen LogP contribution in [0.25, 0.3) is 11.0 Å². The number of aliphatic hydroxyl groups excluding tert-OH is 1. The van der Waals surface area contributed by atoms with Crippen LogP contribution in [0, 0.1) is 6.92 Å². The number of carbonyl (C=O) groups is 1. The number of aromatic carboxylic acids is 1. The minimum atomic E-state index is -1.10. The number of aliphatic hydroxyl groups is 1. The summed E-state index contributed by atoms with van der Waals surface area (Å²) in [6.45, 7) is 5.48. The van der Waals surface area contributed by atoms with Crippen LogP contribution in [0.2, 0.25) is 0 Å². The van der Waals surface area contributed by atoms with Gasteiger partial charge in [-0.1, -0.05) is 13.0 Å². The highest BCUT2D eigenvalue weighted by atomic mass is 16.5. The van der Waals surface area contributed by atoms with Crippen LogP contribution in [-0.2, 0) is 6.42 Å². The Morgan fingerprint density at radius 1 is 1.45 bits per heavy atom. The smallest absolute Gasteiger partial charge is 0.372 e. The molecule has 0 bridgehead atoms. The van der Waals surface area contributed by atoms with E-state index in [1.807, 2.05) is 13.0 Å². The molecule has 0 fully saturated rings. The van der Waals surface area contributed by atoms with Gasteiger partial charge in [0, 0.05) is 5.56 Å². The number of ether oxygens (including phenoxy) is 1. The first-order chi connectivity index (χ1) is 9.45. The van der Waals surface area contributed by atoms with Gasteiger partial charge in [0.15, 0.2) is 0 Å². The summed E-state index contributed by atoms with van der Waals surface area (Å²) in [4.78, 5) is 11.1. The fourth-order valence-electron chi connectivity index (χ4n) is 2.20. The predicted octanol–water partition coefficient (Wildman–Crippen LogP) is 2.76. The molecule has 1 atom stereocenters. The fraction of sp³-hybridized carbons (Fsp3) is 0.400. The van der Waals surface area contributed by atoms with Gasteiger partial charge in [-0.05, 0) is 31.9 Å². The van der Waals surface area contributed by atoms with Crippen molar-refractivity contribution in [2.24, 2.45) is 0 Å². The Morgan fingerprint density at radius 2 is 2.15 bits per heavy atom. The average Bonchev–Trinajstić information content (AvgIpc) is 2.73. The van der Waals surface area contributed by atoms with Gasteiger partial charge in [0.05, 0.1) is 11.5 Å². The molecule has 1 heterocycles. The Hall–Kier alpha value is -2.01. The van der Waals surface area contributed by atoms with Gasteiger partial charge < -0.3 is 19.4 Å². The monoisotopic (exact) mass is 278 g/mol. The number of carboxylic acid groups (broad SMARTS) is 1. The van der Waals surface area contributed by atoms with E-state index < -0.39 is 12.1 Å². The number of carboxylic acids is 1. The molecule has 1 aromatic heterocycles. The van der Waals surface area contributed by atoms with Gasteiger partial charge in [0.2, 0.25) is 5.76 Å². The molecule has 1 unspecified atom stereocenters. The highest BCUT2D eigenvalue weighted by Gasteiger charge is 2.21. The molecule has 2 N–H and O–H groups in total. The molecule has 0 aliphatic rings. The summed E-state index contributed by atoms with van der Waals surface area (Å²) < 4.78 is 11.0. The van der Waals surface area contributed by atoms with E-state index in [0.717, 1.165) is 12.0 Å². The first-order valence-electron chi connectivity index (χ1n) is 6.54. The molecule has 5 nitrogen and oxygen atoms in total. The highest BCUT2D eigenvalue weighted by Crippen LogP contribution is 2.36. The summed E-state index contributed by atoms with van der Waals surface area (Å²) in [5.74, 6) is -0.576. The van der Waals surface area contributed by atoms with Crippen molar-refractivity contribution in [3.63, 3.8) is 0 Å². The maximum absolute atomic E-state index is 11.1. The second-order valence-corrected chi connectivity index (χ2v) is 4.80. The van der Waals surface area contributed by atoms with E-state index in [1.54, 1.807) is 19.9 Å². The van der Waals surface area contributed by atoms with Crippen molar-refractivity contribution >= 4 is 16.9 Å². The normalized spacial score (nSPS) is 12.6. The first-order valence-corrected chi connectivity index (χ1v) is 6.54. The van der Waals surface area contributed by atoms with Gasteiger partial charge in [0.25, 0.3) is 0 Å². The Labute approximate surface area is 116 Å². The van der Waals surface area contributed by atoms with Crippen molar-refractivity contribution in [1.82, 2.24) is 0 Å². The van der Waals surface area contributed by atoms with E-state index in [4.69, 9.17) is 14.3 Å². The summed E-state index contributed by atoms with van der Waals surface area (Å²) in [5, 5.41) is 19.2. The zero-order valence-electron chi connectivity index (χ0n) is 11.8. The second kappa shape index (κ2) is 5.54. The summed E-state index contributed by atoms with van der Waals surface area (Å²) in [6, 6.07) is 3.61. The average molecular weight is 278 g/mol. The molecular weight excluding hydrogens is 260 g/mol. The fourth-order valence-corrected chi connectivity index (χ4v) is 2.20. The molecule has 5 heteroatoms. The quantitative estimate of drug-likeness (QED) is 0.879. The SMILES string of the molecule is CCc1ccc2oc(C(=O)O)c(C)c2c1OCC(C)O. The lowest BCUT2D eigenvalue weighted by Gasteiger charge is -2.13. The molecule has 1 aromatic carbocycles. The van der Waals surface area contributed by atoms with Crippen LogP contribution in [0.3, 0.4) is 0 Å². The van der Waals surface area contributed by atoms with E-state index in [9.17, 15) is 9.90 Å². The number of hydrogen-bond acceptors (Lipinski definition) is 4. The predicted molar refractivity (Wildman–Crippen MR) is 74.5 cm³/mol. The van der Waals surface area contributed by atoms with Crippen molar-refractivity contribution in [3.05, 3.63) is 29.0 Å². The summed E-state index contributed by atoms with van der Waals surface area (Å²) >= 11 is 0. The second-order valence-electron chi connectivity index (χ2n) is 4.80. The van der Waals surface area contributed by atoms with Crippen molar-refractivity contribution in [2.75, 3.05) is 6.61 Å². The van der Waals surface area contributed by atoms with Gasteiger partial charge in [-0.3, -0.25) is 0 Å². The van der Waals surface area contributed by atoms with Crippen molar-refractivity contribution in [1.29, 1.82) is 0 Å². The van der Waals surface area contributed by atoms with Crippen LogP contribution < -0.4 is 4.74 Å². The van der Waals surface area contributed by atoms with E-state index in [0.29, 0.717) is 22.3 Å². The third-order valence-corrected chi connectivity index (χ3v) is 3.17. The third kappa shape index (κ3) is 2.49. The molecule has 0 radical (unpaired) electrons. The first kappa shape index (κ1) is 14.4. The van der Waals surface area contributed by atoms with Gasteiger partial charge in [-0.2, -0.15) is 0 Å². The summed E-state index contributed by atoms with van der Waals surface area (Å²) in [6.07, 6.45) is 0.152. The van der Waals surface area contributed by atoms with Gasteiger partial charge in [-0.25, -0.2) is 4.79 Å². The Balaban J connectivity index is 2.63. The molecule has 0 aliphatic heterocycles. The Morgan fingerprint density at radius 3 is 2.70 bits per heavy atom. The number of hydrogen-bond donors (Lipinski definition) is 2.